The normalized spacial score (nSPS) is 23.6. The van der Waals surface area contributed by atoms with Crippen LogP contribution in [0, 0.1) is 5.92 Å². The maximum absolute atomic E-state index is 13.7. The van der Waals surface area contributed by atoms with E-state index in [9.17, 15) is 31.5 Å². The monoisotopic (exact) mass is 499 g/mol. The molecule has 0 amide bonds. The van der Waals surface area contributed by atoms with Gasteiger partial charge in [-0.1, -0.05) is 12.1 Å². The van der Waals surface area contributed by atoms with E-state index < -0.39 is 46.1 Å². The molecule has 1 aliphatic heterocycles. The fourth-order valence-electron chi connectivity index (χ4n) is 4.87. The quantitative estimate of drug-likeness (QED) is 0.675. The molecule has 1 N–H and O–H groups in total. The fourth-order valence-corrected chi connectivity index (χ4v) is 6.95. The van der Waals surface area contributed by atoms with Crippen LogP contribution in [0.1, 0.15) is 25.0 Å². The van der Waals surface area contributed by atoms with Crippen LogP contribution in [-0.2, 0) is 27.7 Å². The Morgan fingerprint density at radius 3 is 2.35 bits per heavy atom. The number of carboxylic acids is 1. The first-order chi connectivity index (χ1) is 15.9. The number of aromatic nitrogens is 1. The first-order valence-corrected chi connectivity index (χ1v) is 12.1. The largest absolute Gasteiger partial charge is 0.573 e. The van der Waals surface area contributed by atoms with Gasteiger partial charge in [0.05, 0.1) is 17.0 Å². The van der Waals surface area contributed by atoms with Crippen LogP contribution in [0.2, 0.25) is 0 Å². The van der Waals surface area contributed by atoms with Crippen molar-refractivity contribution in [2.45, 2.75) is 50.0 Å². The Labute approximate surface area is 195 Å². The molecule has 1 fully saturated rings. The molecule has 34 heavy (non-hydrogen) atoms. The molecule has 1 aromatic heterocycles. The summed E-state index contributed by atoms with van der Waals surface area (Å²) in [6, 6.07) is 6.56. The molecule has 0 spiro atoms. The van der Waals surface area contributed by atoms with Gasteiger partial charge in [0.1, 0.15) is 11.6 Å². The van der Waals surface area contributed by atoms with Gasteiger partial charge in [0.15, 0.2) is 0 Å². The lowest BCUT2D eigenvalue weighted by atomic mass is 10.1. The summed E-state index contributed by atoms with van der Waals surface area (Å²) >= 11 is 0. The average molecular weight is 500 g/mol. The molecule has 2 aromatic rings. The minimum atomic E-state index is -4.81. The summed E-state index contributed by atoms with van der Waals surface area (Å²) < 4.78 is 69.8. The Bertz CT molecular complexity index is 1180. The number of benzene rings is 1. The van der Waals surface area contributed by atoms with Crippen LogP contribution < -0.4 is 9.64 Å². The number of alkyl halides is 3. The molecule has 1 saturated heterocycles. The third kappa shape index (κ3) is 4.69. The molecule has 8 nitrogen and oxygen atoms in total. The SMILES string of the molecule is C[C@@H]1CN(c2ccc(OC(F)(F)F)cn2)C[C@H](C)N1S(=O)(=O)c1cccc2c1CC(C(=O)O)C2. The second-order valence-corrected chi connectivity index (χ2v) is 10.5. The Morgan fingerprint density at radius 1 is 1.12 bits per heavy atom. The van der Waals surface area contributed by atoms with Gasteiger partial charge in [-0.2, -0.15) is 4.31 Å². The number of halogens is 3. The highest BCUT2D eigenvalue weighted by Gasteiger charge is 2.41. The van der Waals surface area contributed by atoms with Crippen LogP contribution in [-0.4, -0.2) is 60.3 Å². The predicted octanol–water partition coefficient (Wildman–Crippen LogP) is 3.07. The smallest absolute Gasteiger partial charge is 0.481 e. The van der Waals surface area contributed by atoms with Gasteiger partial charge in [-0.25, -0.2) is 13.4 Å². The molecule has 0 radical (unpaired) electrons. The molecule has 2 heterocycles. The number of hydrogen-bond donors (Lipinski definition) is 1. The third-order valence-corrected chi connectivity index (χ3v) is 8.38. The van der Waals surface area contributed by atoms with Crippen molar-refractivity contribution in [3.05, 3.63) is 47.7 Å². The van der Waals surface area contributed by atoms with E-state index in [1.165, 1.54) is 22.5 Å². The van der Waals surface area contributed by atoms with Crippen molar-refractivity contribution < 1.29 is 36.2 Å². The lowest BCUT2D eigenvalue weighted by molar-refractivity contribution is -0.274. The summed E-state index contributed by atoms with van der Waals surface area (Å²) in [7, 11) is -3.92. The van der Waals surface area contributed by atoms with E-state index in [1.54, 1.807) is 26.0 Å². The molecule has 0 saturated carbocycles. The highest BCUT2D eigenvalue weighted by Crippen LogP contribution is 2.36. The van der Waals surface area contributed by atoms with Crippen molar-refractivity contribution >= 4 is 21.8 Å². The number of nitrogens with zero attached hydrogens (tertiary/aromatic N) is 3. The van der Waals surface area contributed by atoms with Crippen molar-refractivity contribution in [2.75, 3.05) is 18.0 Å². The van der Waals surface area contributed by atoms with Crippen LogP contribution >= 0.6 is 0 Å². The van der Waals surface area contributed by atoms with Crippen molar-refractivity contribution in [3.8, 4) is 5.75 Å². The zero-order valence-corrected chi connectivity index (χ0v) is 19.3. The van der Waals surface area contributed by atoms with Crippen molar-refractivity contribution in [1.29, 1.82) is 0 Å². The van der Waals surface area contributed by atoms with Gasteiger partial charge in [0, 0.05) is 25.2 Å². The molecule has 0 bridgehead atoms. The average Bonchev–Trinajstić information content (AvgIpc) is 3.17. The van der Waals surface area contributed by atoms with Crippen molar-refractivity contribution in [3.63, 3.8) is 0 Å². The third-order valence-electron chi connectivity index (χ3n) is 6.17. The van der Waals surface area contributed by atoms with Gasteiger partial charge in [0.25, 0.3) is 0 Å². The van der Waals surface area contributed by atoms with E-state index in [0.29, 0.717) is 17.8 Å². The lowest BCUT2D eigenvalue weighted by Gasteiger charge is -2.44. The van der Waals surface area contributed by atoms with Gasteiger partial charge in [-0.15, -0.1) is 13.2 Å². The van der Waals surface area contributed by atoms with Crippen LogP contribution in [0.5, 0.6) is 5.75 Å². The van der Waals surface area contributed by atoms with E-state index in [4.69, 9.17) is 0 Å². The maximum Gasteiger partial charge on any atom is 0.573 e. The van der Waals surface area contributed by atoms with E-state index in [2.05, 4.69) is 9.72 Å². The highest BCUT2D eigenvalue weighted by molar-refractivity contribution is 7.89. The van der Waals surface area contributed by atoms with E-state index >= 15 is 0 Å². The van der Waals surface area contributed by atoms with Gasteiger partial charge in [-0.3, -0.25) is 4.79 Å². The number of sulfonamides is 1. The molecule has 2 aliphatic rings. The zero-order chi connectivity index (χ0) is 24.8. The number of fused-ring (bicyclic) bond motifs is 1. The minimum Gasteiger partial charge on any atom is -0.481 e. The topological polar surface area (TPSA) is 100 Å². The molecule has 1 aliphatic carbocycles. The van der Waals surface area contributed by atoms with Crippen LogP contribution in [0.15, 0.2) is 41.4 Å². The first kappa shape index (κ1) is 24.3. The van der Waals surface area contributed by atoms with Crippen molar-refractivity contribution in [1.82, 2.24) is 9.29 Å². The number of ether oxygens (including phenoxy) is 1. The van der Waals surface area contributed by atoms with Gasteiger partial charge in [-0.05, 0) is 56.0 Å². The second-order valence-electron chi connectivity index (χ2n) is 8.68. The first-order valence-electron chi connectivity index (χ1n) is 10.7. The Kier molecular flexibility index (Phi) is 6.23. The molecule has 4 rings (SSSR count). The number of carboxylic acid groups (broad SMARTS) is 1. The predicted molar refractivity (Wildman–Crippen MR) is 116 cm³/mol. The second kappa shape index (κ2) is 8.73. The molecular formula is C22H24F3N3O5S. The number of aliphatic carboxylic acids is 1. The number of piperazine rings is 1. The number of hydrogen-bond acceptors (Lipinski definition) is 6. The van der Waals surface area contributed by atoms with Crippen molar-refractivity contribution in [2.24, 2.45) is 5.92 Å². The molecule has 184 valence electrons. The standard InChI is InChI=1S/C22H24F3N3O5S/c1-13-11-27(20-7-6-17(10-26-20)33-22(23,24)25)12-14(2)28(13)34(31,32)19-5-3-4-15-8-16(21(29)30)9-18(15)19/h3-7,10,13-14,16H,8-9,11-12H2,1-2H3,(H,29,30)/t13-,14+,16?. The van der Waals surface area contributed by atoms with E-state index in [-0.39, 0.29) is 24.4 Å². The molecule has 12 heteroatoms. The van der Waals surface area contributed by atoms with E-state index in [1.807, 2.05) is 4.90 Å². The Balaban J connectivity index is 1.55. The van der Waals surface area contributed by atoms with Crippen LogP contribution in [0.3, 0.4) is 0 Å². The highest BCUT2D eigenvalue weighted by atomic mass is 32.2. The summed E-state index contributed by atoms with van der Waals surface area (Å²) in [6.07, 6.45) is -3.37. The number of anilines is 1. The lowest BCUT2D eigenvalue weighted by Crippen LogP contribution is -2.58. The number of pyridine rings is 1. The van der Waals surface area contributed by atoms with Gasteiger partial charge < -0.3 is 14.7 Å². The summed E-state index contributed by atoms with van der Waals surface area (Å²) in [5, 5.41) is 9.39. The Morgan fingerprint density at radius 2 is 1.79 bits per heavy atom. The zero-order valence-electron chi connectivity index (χ0n) is 18.5. The van der Waals surface area contributed by atoms with Crippen LogP contribution in [0.4, 0.5) is 19.0 Å². The summed E-state index contributed by atoms with van der Waals surface area (Å²) in [5.74, 6) is -1.62. The summed E-state index contributed by atoms with van der Waals surface area (Å²) in [4.78, 5) is 17.5. The number of rotatable bonds is 5. The number of carbonyl (C=O) groups is 1. The molecular weight excluding hydrogens is 475 g/mol. The van der Waals surface area contributed by atoms with Crippen LogP contribution in [0.25, 0.3) is 0 Å². The summed E-state index contributed by atoms with van der Waals surface area (Å²) in [5.41, 5.74) is 1.29. The Hall–Kier alpha value is -2.86. The fraction of sp³-hybridized carbons (Fsp3) is 0.455. The molecule has 3 atom stereocenters. The van der Waals surface area contributed by atoms with E-state index in [0.717, 1.165) is 11.8 Å². The van der Waals surface area contributed by atoms with Gasteiger partial charge >= 0.3 is 12.3 Å². The van der Waals surface area contributed by atoms with Gasteiger partial charge in [0.2, 0.25) is 10.0 Å². The molecule has 1 aromatic carbocycles. The molecule has 1 unspecified atom stereocenters. The maximum atomic E-state index is 13.7. The summed E-state index contributed by atoms with van der Waals surface area (Å²) in [6.45, 7) is 4.07. The minimum absolute atomic E-state index is 0.132.